The van der Waals surface area contributed by atoms with Crippen molar-refractivity contribution in [3.05, 3.63) is 46.8 Å². The Morgan fingerprint density at radius 1 is 1.35 bits per heavy atom. The second kappa shape index (κ2) is 8.27. The van der Waals surface area contributed by atoms with Gasteiger partial charge in [-0.2, -0.15) is 0 Å². The number of rotatable bonds is 5. The molecule has 1 aromatic carbocycles. The highest BCUT2D eigenvalue weighted by Crippen LogP contribution is 2.20. The Hall–Kier alpha value is -2.48. The highest BCUT2D eigenvalue weighted by Gasteiger charge is 2.20. The molecule has 26 heavy (non-hydrogen) atoms. The lowest BCUT2D eigenvalue weighted by Gasteiger charge is -2.32. The van der Waals surface area contributed by atoms with Gasteiger partial charge in [0.25, 0.3) is 0 Å². The molecule has 140 valence electrons. The zero-order valence-electron chi connectivity index (χ0n) is 15.5. The van der Waals surface area contributed by atoms with Crippen molar-refractivity contribution in [2.45, 2.75) is 26.4 Å². The maximum atomic E-state index is 13.6. The van der Waals surface area contributed by atoms with Crippen LogP contribution in [0, 0.1) is 12.7 Å². The first-order valence-electron chi connectivity index (χ1n) is 8.73. The van der Waals surface area contributed by atoms with E-state index >= 15 is 0 Å². The van der Waals surface area contributed by atoms with Crippen molar-refractivity contribution in [2.75, 3.05) is 26.8 Å². The normalized spacial score (nSPS) is 14.5. The number of aryl methyl sites for hydroxylation is 1. The molecular formula is C18H25FN6O. The molecule has 2 heterocycles. The van der Waals surface area contributed by atoms with Crippen molar-refractivity contribution < 1.29 is 9.13 Å². The number of aromatic nitrogens is 3. The smallest absolute Gasteiger partial charge is 0.194 e. The molecule has 8 heteroatoms. The molecule has 2 aromatic rings. The molecular weight excluding hydrogens is 335 g/mol. The Labute approximate surface area is 152 Å². The van der Waals surface area contributed by atoms with Gasteiger partial charge in [0.15, 0.2) is 11.8 Å². The molecule has 1 N–H and O–H groups in total. The molecule has 0 saturated carbocycles. The van der Waals surface area contributed by atoms with Crippen LogP contribution in [0.1, 0.15) is 22.8 Å². The van der Waals surface area contributed by atoms with Crippen LogP contribution in [0.5, 0.6) is 0 Å². The van der Waals surface area contributed by atoms with E-state index in [1.807, 2.05) is 24.6 Å². The van der Waals surface area contributed by atoms with Crippen molar-refractivity contribution >= 4 is 5.96 Å². The van der Waals surface area contributed by atoms with Crippen molar-refractivity contribution in [1.29, 1.82) is 0 Å². The molecule has 0 atom stereocenters. The number of guanidine groups is 1. The van der Waals surface area contributed by atoms with E-state index in [4.69, 9.17) is 9.73 Å². The largest absolute Gasteiger partial charge is 0.383 e. The van der Waals surface area contributed by atoms with E-state index in [2.05, 4.69) is 20.4 Å². The number of ether oxygens (including phenoxy) is 1. The number of hydrogen-bond acceptors (Lipinski definition) is 4. The number of aliphatic imine (C=N–C) groups is 1. The fourth-order valence-corrected chi connectivity index (χ4v) is 2.97. The van der Waals surface area contributed by atoms with Gasteiger partial charge in [0, 0.05) is 33.8 Å². The topological polar surface area (TPSA) is 67.6 Å². The molecule has 0 aliphatic carbocycles. The Bertz CT molecular complexity index is 788. The summed E-state index contributed by atoms with van der Waals surface area (Å²) in [6, 6.07) is 5.01. The van der Waals surface area contributed by atoms with Crippen molar-refractivity contribution in [3.63, 3.8) is 0 Å². The number of fused-ring (bicyclic) bond motifs is 1. The average molecular weight is 360 g/mol. The van der Waals surface area contributed by atoms with Crippen LogP contribution in [0.15, 0.2) is 23.2 Å². The third-order valence-corrected chi connectivity index (χ3v) is 4.62. The van der Waals surface area contributed by atoms with Crippen LogP contribution in [0.3, 0.4) is 0 Å². The van der Waals surface area contributed by atoms with Crippen LogP contribution in [0.2, 0.25) is 0 Å². The molecule has 0 amide bonds. The van der Waals surface area contributed by atoms with Crippen molar-refractivity contribution in [3.8, 4) is 0 Å². The predicted molar refractivity (Wildman–Crippen MR) is 97.3 cm³/mol. The average Bonchev–Trinajstić information content (AvgIpc) is 2.96. The SMILES string of the molecule is COCCNC(=NCc1nnc(C)n1C)N1CCc2ccc(F)cc2C1. The van der Waals surface area contributed by atoms with E-state index in [1.165, 1.54) is 11.6 Å². The standard InChI is InChI=1S/C18H25FN6O/c1-13-22-23-17(24(13)2)11-21-18(20-7-9-26-3)25-8-6-14-4-5-16(19)10-15(14)12-25/h4-5,10H,6-9,11-12H2,1-3H3,(H,20,21). The molecule has 0 fully saturated rings. The maximum Gasteiger partial charge on any atom is 0.194 e. The first-order chi connectivity index (χ1) is 12.6. The third-order valence-electron chi connectivity index (χ3n) is 4.62. The van der Waals surface area contributed by atoms with Crippen LogP contribution in [-0.2, 0) is 31.3 Å². The zero-order valence-corrected chi connectivity index (χ0v) is 15.5. The predicted octanol–water partition coefficient (Wildman–Crippen LogP) is 1.41. The summed E-state index contributed by atoms with van der Waals surface area (Å²) in [6.45, 7) is 5.03. The zero-order chi connectivity index (χ0) is 18.5. The Morgan fingerprint density at radius 2 is 2.19 bits per heavy atom. The summed E-state index contributed by atoms with van der Waals surface area (Å²) in [4.78, 5) is 6.86. The molecule has 1 aromatic heterocycles. The molecule has 0 saturated heterocycles. The van der Waals surface area contributed by atoms with Crippen LogP contribution in [-0.4, -0.2) is 52.4 Å². The molecule has 0 unspecified atom stereocenters. The van der Waals surface area contributed by atoms with Crippen LogP contribution >= 0.6 is 0 Å². The molecule has 3 rings (SSSR count). The summed E-state index contributed by atoms with van der Waals surface area (Å²) in [5, 5.41) is 11.6. The monoisotopic (exact) mass is 360 g/mol. The van der Waals surface area contributed by atoms with E-state index in [9.17, 15) is 4.39 Å². The first kappa shape index (κ1) is 18.3. The van der Waals surface area contributed by atoms with Crippen LogP contribution in [0.25, 0.3) is 0 Å². The summed E-state index contributed by atoms with van der Waals surface area (Å²) < 4.78 is 20.6. The number of hydrogen-bond donors (Lipinski definition) is 1. The third kappa shape index (κ3) is 4.19. The van der Waals surface area contributed by atoms with Gasteiger partial charge >= 0.3 is 0 Å². The fraction of sp³-hybridized carbons (Fsp3) is 0.500. The van der Waals surface area contributed by atoms with Crippen LogP contribution in [0.4, 0.5) is 4.39 Å². The minimum atomic E-state index is -0.203. The highest BCUT2D eigenvalue weighted by atomic mass is 19.1. The van der Waals surface area contributed by atoms with Gasteiger partial charge in [-0.15, -0.1) is 10.2 Å². The number of benzene rings is 1. The lowest BCUT2D eigenvalue weighted by Crippen LogP contribution is -2.45. The summed E-state index contributed by atoms with van der Waals surface area (Å²) in [5.74, 6) is 2.23. The molecule has 0 spiro atoms. The Kier molecular flexibility index (Phi) is 5.82. The molecule has 0 radical (unpaired) electrons. The number of nitrogens with one attached hydrogen (secondary N) is 1. The van der Waals surface area contributed by atoms with E-state index in [-0.39, 0.29) is 5.82 Å². The van der Waals surface area contributed by atoms with E-state index in [0.29, 0.717) is 26.2 Å². The van der Waals surface area contributed by atoms with Crippen molar-refractivity contribution in [2.24, 2.45) is 12.0 Å². The summed E-state index contributed by atoms with van der Waals surface area (Å²) >= 11 is 0. The second-order valence-electron chi connectivity index (χ2n) is 6.37. The fourth-order valence-electron chi connectivity index (χ4n) is 2.97. The first-order valence-corrected chi connectivity index (χ1v) is 8.73. The van der Waals surface area contributed by atoms with Crippen LogP contribution < -0.4 is 5.32 Å². The maximum absolute atomic E-state index is 13.6. The second-order valence-corrected chi connectivity index (χ2v) is 6.37. The van der Waals surface area contributed by atoms with E-state index < -0.39 is 0 Å². The summed E-state index contributed by atoms with van der Waals surface area (Å²) in [5.41, 5.74) is 2.20. The van der Waals surface area contributed by atoms with Gasteiger partial charge in [0.2, 0.25) is 0 Å². The molecule has 7 nitrogen and oxygen atoms in total. The summed E-state index contributed by atoms with van der Waals surface area (Å²) in [7, 11) is 3.60. The highest BCUT2D eigenvalue weighted by molar-refractivity contribution is 5.80. The number of methoxy groups -OCH3 is 1. The van der Waals surface area contributed by atoms with Gasteiger partial charge < -0.3 is 19.5 Å². The quantitative estimate of drug-likeness (QED) is 0.496. The van der Waals surface area contributed by atoms with Gasteiger partial charge in [-0.25, -0.2) is 9.38 Å². The molecule has 1 aliphatic heterocycles. The van der Waals surface area contributed by atoms with E-state index in [1.54, 1.807) is 13.2 Å². The lowest BCUT2D eigenvalue weighted by molar-refractivity contribution is 0.202. The molecule has 0 bridgehead atoms. The Balaban J connectivity index is 1.77. The number of nitrogens with zero attached hydrogens (tertiary/aromatic N) is 5. The lowest BCUT2D eigenvalue weighted by atomic mass is 10.00. The van der Waals surface area contributed by atoms with Gasteiger partial charge in [0.05, 0.1) is 6.61 Å². The van der Waals surface area contributed by atoms with Gasteiger partial charge in [-0.3, -0.25) is 0 Å². The minimum absolute atomic E-state index is 0.203. The van der Waals surface area contributed by atoms with Gasteiger partial charge in [-0.1, -0.05) is 6.07 Å². The molecule has 1 aliphatic rings. The number of halogens is 1. The van der Waals surface area contributed by atoms with Crippen molar-refractivity contribution in [1.82, 2.24) is 25.0 Å². The summed E-state index contributed by atoms with van der Waals surface area (Å²) in [6.07, 6.45) is 0.865. The minimum Gasteiger partial charge on any atom is -0.383 e. The Morgan fingerprint density at radius 3 is 2.92 bits per heavy atom. The van der Waals surface area contributed by atoms with E-state index in [0.717, 1.165) is 36.1 Å². The van der Waals surface area contributed by atoms with Gasteiger partial charge in [0.1, 0.15) is 18.2 Å². The van der Waals surface area contributed by atoms with Gasteiger partial charge in [-0.05, 0) is 36.6 Å².